The molecule has 0 radical (unpaired) electrons. The molecule has 4 N–H and O–H groups in total. The summed E-state index contributed by atoms with van der Waals surface area (Å²) in [7, 11) is 3.24. The number of nitrogens with zero attached hydrogens (tertiary/aromatic N) is 2. The first-order valence-electron chi connectivity index (χ1n) is 6.22. The van der Waals surface area contributed by atoms with Crippen molar-refractivity contribution in [3.8, 4) is 0 Å². The van der Waals surface area contributed by atoms with Crippen LogP contribution in [0.3, 0.4) is 0 Å². The van der Waals surface area contributed by atoms with Crippen LogP contribution in [0.1, 0.15) is 24.4 Å². The number of aliphatic carboxylic acids is 1. The second-order valence-electron chi connectivity index (χ2n) is 4.46. The zero-order valence-corrected chi connectivity index (χ0v) is 11.6. The molecule has 1 heterocycles. The number of methoxy groups -OCH3 is 1. The summed E-state index contributed by atoms with van der Waals surface area (Å²) in [5.74, 6) is -1.63. The molecule has 2 atom stereocenters. The number of rotatable bonds is 8. The highest BCUT2D eigenvalue weighted by molar-refractivity contribution is 5.87. The Morgan fingerprint density at radius 3 is 2.80 bits per heavy atom. The first-order chi connectivity index (χ1) is 9.45. The van der Waals surface area contributed by atoms with Crippen molar-refractivity contribution in [3.05, 3.63) is 18.0 Å². The quantitative estimate of drug-likeness (QED) is 0.549. The summed E-state index contributed by atoms with van der Waals surface area (Å²) in [6.07, 6.45) is 3.92. The molecule has 0 fully saturated rings. The maximum atomic E-state index is 11.9. The number of carbonyl (C=O) groups excluding carboxylic acids is 1. The molecule has 0 bridgehead atoms. The van der Waals surface area contributed by atoms with E-state index >= 15 is 0 Å². The van der Waals surface area contributed by atoms with Gasteiger partial charge in [0.15, 0.2) is 0 Å². The Labute approximate surface area is 116 Å². The van der Waals surface area contributed by atoms with E-state index in [1.807, 2.05) is 0 Å². The smallest absolute Gasteiger partial charge is 0.326 e. The topological polar surface area (TPSA) is 119 Å². The van der Waals surface area contributed by atoms with Crippen LogP contribution in [0.4, 0.5) is 0 Å². The zero-order chi connectivity index (χ0) is 15.1. The number of hydrogen-bond acceptors (Lipinski definition) is 5. The molecule has 0 aliphatic carbocycles. The minimum absolute atomic E-state index is 0.286. The summed E-state index contributed by atoms with van der Waals surface area (Å²) < 4.78 is 6.38. The fourth-order valence-electron chi connectivity index (χ4n) is 1.70. The number of aromatic nitrogens is 2. The molecule has 0 aliphatic rings. The van der Waals surface area contributed by atoms with E-state index in [9.17, 15) is 9.59 Å². The molecule has 1 amide bonds. The monoisotopic (exact) mass is 284 g/mol. The predicted octanol–water partition coefficient (Wildman–Crippen LogP) is -0.584. The van der Waals surface area contributed by atoms with Crippen LogP contribution in [0.25, 0.3) is 0 Å². The largest absolute Gasteiger partial charge is 0.480 e. The number of nitrogens with one attached hydrogen (secondary N) is 1. The summed E-state index contributed by atoms with van der Waals surface area (Å²) in [6, 6.07) is -1.91. The van der Waals surface area contributed by atoms with Crippen LogP contribution in [0.15, 0.2) is 12.4 Å². The van der Waals surface area contributed by atoms with Crippen LogP contribution in [-0.4, -0.2) is 46.5 Å². The Morgan fingerprint density at radius 1 is 1.60 bits per heavy atom. The molecule has 20 heavy (non-hydrogen) atoms. The summed E-state index contributed by atoms with van der Waals surface area (Å²) in [4.78, 5) is 23.0. The van der Waals surface area contributed by atoms with Gasteiger partial charge in [-0.15, -0.1) is 0 Å². The van der Waals surface area contributed by atoms with E-state index in [0.29, 0.717) is 18.6 Å². The van der Waals surface area contributed by atoms with Crippen molar-refractivity contribution in [1.82, 2.24) is 15.1 Å². The third-order valence-corrected chi connectivity index (χ3v) is 2.82. The van der Waals surface area contributed by atoms with Crippen LogP contribution < -0.4 is 11.1 Å². The number of carboxylic acids is 1. The van der Waals surface area contributed by atoms with Crippen molar-refractivity contribution in [1.29, 1.82) is 0 Å². The van der Waals surface area contributed by atoms with Crippen LogP contribution in [0, 0.1) is 0 Å². The Balaban J connectivity index is 2.58. The average Bonchev–Trinajstić information content (AvgIpc) is 2.83. The van der Waals surface area contributed by atoms with E-state index in [4.69, 9.17) is 15.6 Å². The van der Waals surface area contributed by atoms with Gasteiger partial charge in [-0.2, -0.15) is 5.10 Å². The highest BCUT2D eigenvalue weighted by Gasteiger charge is 2.24. The molecule has 0 saturated carbocycles. The maximum absolute atomic E-state index is 11.9. The summed E-state index contributed by atoms with van der Waals surface area (Å²) in [6.45, 7) is 0.439. The normalized spacial score (nSPS) is 13.8. The van der Waals surface area contributed by atoms with Crippen molar-refractivity contribution in [2.24, 2.45) is 12.8 Å². The number of aryl methyl sites for hydroxylation is 1. The third kappa shape index (κ3) is 4.63. The molecule has 8 heteroatoms. The molecule has 0 spiro atoms. The van der Waals surface area contributed by atoms with Gasteiger partial charge in [-0.3, -0.25) is 9.48 Å². The van der Waals surface area contributed by atoms with Gasteiger partial charge in [0.1, 0.15) is 12.1 Å². The minimum atomic E-state index is -1.09. The summed E-state index contributed by atoms with van der Waals surface area (Å²) >= 11 is 0. The van der Waals surface area contributed by atoms with Gasteiger partial charge in [-0.25, -0.2) is 4.79 Å². The lowest BCUT2D eigenvalue weighted by atomic mass is 10.1. The van der Waals surface area contributed by atoms with E-state index in [2.05, 4.69) is 10.4 Å². The van der Waals surface area contributed by atoms with Gasteiger partial charge < -0.3 is 20.9 Å². The number of nitrogens with two attached hydrogens (primary N) is 1. The van der Waals surface area contributed by atoms with Crippen molar-refractivity contribution in [2.75, 3.05) is 13.7 Å². The molecule has 112 valence electrons. The molecule has 8 nitrogen and oxygen atoms in total. The lowest BCUT2D eigenvalue weighted by Crippen LogP contribution is -2.45. The first-order valence-corrected chi connectivity index (χ1v) is 6.22. The van der Waals surface area contributed by atoms with Crippen molar-refractivity contribution < 1.29 is 19.4 Å². The number of amides is 1. The Bertz CT molecular complexity index is 460. The Kier molecular flexibility index (Phi) is 6.13. The third-order valence-electron chi connectivity index (χ3n) is 2.82. The van der Waals surface area contributed by atoms with E-state index < -0.39 is 24.0 Å². The number of ether oxygens (including phenoxy) is 1. The lowest BCUT2D eigenvalue weighted by molar-refractivity contribution is -0.142. The van der Waals surface area contributed by atoms with Crippen LogP contribution >= 0.6 is 0 Å². The second kappa shape index (κ2) is 7.61. The van der Waals surface area contributed by atoms with Crippen molar-refractivity contribution >= 4 is 11.9 Å². The van der Waals surface area contributed by atoms with Gasteiger partial charge in [0, 0.05) is 32.5 Å². The fourth-order valence-corrected chi connectivity index (χ4v) is 1.70. The Hall–Kier alpha value is -1.93. The highest BCUT2D eigenvalue weighted by atomic mass is 16.5. The van der Waals surface area contributed by atoms with E-state index in [1.54, 1.807) is 13.2 Å². The Morgan fingerprint density at radius 2 is 2.30 bits per heavy atom. The van der Waals surface area contributed by atoms with Crippen molar-refractivity contribution in [2.45, 2.75) is 24.9 Å². The lowest BCUT2D eigenvalue weighted by Gasteiger charge is -2.17. The summed E-state index contributed by atoms with van der Waals surface area (Å²) in [5.41, 5.74) is 6.31. The van der Waals surface area contributed by atoms with Gasteiger partial charge in [-0.05, 0) is 12.8 Å². The van der Waals surface area contributed by atoms with E-state index in [0.717, 1.165) is 0 Å². The first kappa shape index (κ1) is 16.1. The van der Waals surface area contributed by atoms with E-state index in [-0.39, 0.29) is 6.42 Å². The average molecular weight is 284 g/mol. The van der Waals surface area contributed by atoms with Crippen molar-refractivity contribution in [3.63, 3.8) is 0 Å². The minimum Gasteiger partial charge on any atom is -0.480 e. The fraction of sp³-hybridized carbons (Fsp3) is 0.583. The van der Waals surface area contributed by atoms with Crippen LogP contribution in [-0.2, 0) is 21.4 Å². The molecule has 1 aromatic heterocycles. The SMILES string of the molecule is COCCCC(NC(=O)C(N)c1cnn(C)c1)C(=O)O. The standard InChI is InChI=1S/C12H20N4O4/c1-16-7-8(6-14-16)10(13)11(17)15-9(12(18)19)4-3-5-20-2/h6-7,9-10H,3-5,13H2,1-2H3,(H,15,17)(H,18,19). The van der Waals surface area contributed by atoms with Gasteiger partial charge in [0.05, 0.1) is 6.20 Å². The predicted molar refractivity (Wildman–Crippen MR) is 70.8 cm³/mol. The van der Waals surface area contributed by atoms with Gasteiger partial charge in [0.25, 0.3) is 0 Å². The van der Waals surface area contributed by atoms with Crippen LogP contribution in [0.2, 0.25) is 0 Å². The molecule has 0 aromatic carbocycles. The number of carbonyl (C=O) groups is 2. The highest BCUT2D eigenvalue weighted by Crippen LogP contribution is 2.09. The second-order valence-corrected chi connectivity index (χ2v) is 4.46. The van der Waals surface area contributed by atoms with Gasteiger partial charge in [-0.1, -0.05) is 0 Å². The zero-order valence-electron chi connectivity index (χ0n) is 11.6. The molecule has 1 aromatic rings. The number of carboxylic acid groups (broad SMARTS) is 1. The molecule has 0 aliphatic heterocycles. The molecule has 0 saturated heterocycles. The van der Waals surface area contributed by atoms with Gasteiger partial charge >= 0.3 is 5.97 Å². The maximum Gasteiger partial charge on any atom is 0.326 e. The molecule has 1 rings (SSSR count). The van der Waals surface area contributed by atoms with Gasteiger partial charge in [0.2, 0.25) is 5.91 Å². The number of hydrogen-bond donors (Lipinski definition) is 3. The van der Waals surface area contributed by atoms with Crippen LogP contribution in [0.5, 0.6) is 0 Å². The molecular formula is C12H20N4O4. The molecular weight excluding hydrogens is 264 g/mol. The summed E-state index contributed by atoms with van der Waals surface area (Å²) in [5, 5.41) is 15.4. The molecule has 2 unspecified atom stereocenters. The van der Waals surface area contributed by atoms with E-state index in [1.165, 1.54) is 18.0 Å².